The van der Waals surface area contributed by atoms with Crippen LogP contribution in [-0.4, -0.2) is 25.1 Å². The number of carbonyl (C=O) groups excluding carboxylic acids is 1. The molecule has 5 heteroatoms. The molecule has 0 spiro atoms. The SMILES string of the molecule is COc1ccc(NC(=O)N(C)Cc2ccccc2Br)cc1C. The highest BCUT2D eigenvalue weighted by Crippen LogP contribution is 2.22. The van der Waals surface area contributed by atoms with Crippen molar-refractivity contribution in [3.05, 3.63) is 58.1 Å². The number of aryl methyl sites for hydroxylation is 1. The summed E-state index contributed by atoms with van der Waals surface area (Å²) in [5.41, 5.74) is 2.79. The number of urea groups is 1. The number of carbonyl (C=O) groups is 1. The van der Waals surface area contributed by atoms with E-state index in [4.69, 9.17) is 4.74 Å². The Morgan fingerprint density at radius 2 is 2.00 bits per heavy atom. The lowest BCUT2D eigenvalue weighted by atomic mass is 10.2. The van der Waals surface area contributed by atoms with E-state index in [-0.39, 0.29) is 6.03 Å². The van der Waals surface area contributed by atoms with Crippen molar-refractivity contribution in [2.24, 2.45) is 0 Å². The smallest absolute Gasteiger partial charge is 0.321 e. The van der Waals surface area contributed by atoms with Crippen molar-refractivity contribution in [2.75, 3.05) is 19.5 Å². The Morgan fingerprint density at radius 1 is 1.27 bits per heavy atom. The quantitative estimate of drug-likeness (QED) is 0.873. The van der Waals surface area contributed by atoms with Crippen molar-refractivity contribution in [1.82, 2.24) is 4.90 Å². The average Bonchev–Trinajstić information content (AvgIpc) is 2.49. The second-order valence-corrected chi connectivity index (χ2v) is 5.92. The van der Waals surface area contributed by atoms with Crippen LogP contribution >= 0.6 is 15.9 Å². The van der Waals surface area contributed by atoms with Gasteiger partial charge in [-0.05, 0) is 42.3 Å². The Bertz CT molecular complexity index is 673. The van der Waals surface area contributed by atoms with Gasteiger partial charge in [-0.2, -0.15) is 0 Å². The number of halogens is 1. The number of amides is 2. The van der Waals surface area contributed by atoms with E-state index in [2.05, 4.69) is 21.2 Å². The zero-order valence-corrected chi connectivity index (χ0v) is 14.5. The second kappa shape index (κ2) is 7.31. The molecule has 0 aliphatic carbocycles. The molecule has 0 fully saturated rings. The molecule has 0 bridgehead atoms. The first-order valence-corrected chi connectivity index (χ1v) is 7.70. The molecular formula is C17H19BrN2O2. The van der Waals surface area contributed by atoms with Crippen LogP contribution in [0.2, 0.25) is 0 Å². The largest absolute Gasteiger partial charge is 0.496 e. The van der Waals surface area contributed by atoms with E-state index in [0.717, 1.165) is 27.0 Å². The highest BCUT2D eigenvalue weighted by Gasteiger charge is 2.11. The molecule has 0 unspecified atom stereocenters. The van der Waals surface area contributed by atoms with E-state index in [1.807, 2.05) is 49.4 Å². The summed E-state index contributed by atoms with van der Waals surface area (Å²) in [6.07, 6.45) is 0. The first kappa shape index (κ1) is 16.4. The molecule has 0 heterocycles. The van der Waals surface area contributed by atoms with E-state index in [0.29, 0.717) is 6.54 Å². The van der Waals surface area contributed by atoms with E-state index in [1.54, 1.807) is 19.1 Å². The highest BCUT2D eigenvalue weighted by atomic mass is 79.9. The van der Waals surface area contributed by atoms with Gasteiger partial charge in [-0.15, -0.1) is 0 Å². The minimum atomic E-state index is -0.152. The molecule has 1 N–H and O–H groups in total. The minimum absolute atomic E-state index is 0.152. The van der Waals surface area contributed by atoms with Gasteiger partial charge in [0.1, 0.15) is 5.75 Å². The molecule has 0 radical (unpaired) electrons. The van der Waals surface area contributed by atoms with Gasteiger partial charge in [0.25, 0.3) is 0 Å². The normalized spacial score (nSPS) is 10.2. The first-order chi connectivity index (χ1) is 10.5. The Morgan fingerprint density at radius 3 is 2.64 bits per heavy atom. The van der Waals surface area contributed by atoms with Crippen LogP contribution in [-0.2, 0) is 6.54 Å². The lowest BCUT2D eigenvalue weighted by Crippen LogP contribution is -2.30. The van der Waals surface area contributed by atoms with E-state index in [9.17, 15) is 4.79 Å². The van der Waals surface area contributed by atoms with Crippen LogP contribution in [0.15, 0.2) is 46.9 Å². The van der Waals surface area contributed by atoms with Crippen LogP contribution in [0.25, 0.3) is 0 Å². The average molecular weight is 363 g/mol. The number of nitrogens with zero attached hydrogens (tertiary/aromatic N) is 1. The lowest BCUT2D eigenvalue weighted by molar-refractivity contribution is 0.220. The number of hydrogen-bond donors (Lipinski definition) is 1. The molecule has 0 atom stereocenters. The summed E-state index contributed by atoms with van der Waals surface area (Å²) in [4.78, 5) is 13.9. The van der Waals surface area contributed by atoms with Gasteiger partial charge in [0.05, 0.1) is 7.11 Å². The molecule has 2 aromatic carbocycles. The Kier molecular flexibility index (Phi) is 5.44. The molecule has 2 amide bonds. The molecule has 0 aliphatic rings. The molecule has 116 valence electrons. The van der Waals surface area contributed by atoms with Crippen molar-refractivity contribution >= 4 is 27.6 Å². The van der Waals surface area contributed by atoms with Gasteiger partial charge in [0, 0.05) is 23.8 Å². The van der Waals surface area contributed by atoms with Crippen LogP contribution in [0.4, 0.5) is 10.5 Å². The zero-order valence-electron chi connectivity index (χ0n) is 12.9. The van der Waals surface area contributed by atoms with Gasteiger partial charge in [-0.1, -0.05) is 34.1 Å². The van der Waals surface area contributed by atoms with Gasteiger partial charge >= 0.3 is 6.03 Å². The number of nitrogens with one attached hydrogen (secondary N) is 1. The summed E-state index contributed by atoms with van der Waals surface area (Å²) >= 11 is 3.49. The van der Waals surface area contributed by atoms with Gasteiger partial charge in [0.15, 0.2) is 0 Å². The maximum Gasteiger partial charge on any atom is 0.321 e. The zero-order chi connectivity index (χ0) is 16.1. The third kappa shape index (κ3) is 4.01. The molecule has 2 rings (SSSR count). The number of benzene rings is 2. The summed E-state index contributed by atoms with van der Waals surface area (Å²) in [6.45, 7) is 2.47. The highest BCUT2D eigenvalue weighted by molar-refractivity contribution is 9.10. The summed E-state index contributed by atoms with van der Waals surface area (Å²) in [5, 5.41) is 2.89. The van der Waals surface area contributed by atoms with Crippen molar-refractivity contribution in [3.8, 4) is 5.75 Å². The summed E-state index contributed by atoms with van der Waals surface area (Å²) in [7, 11) is 3.40. The monoisotopic (exact) mass is 362 g/mol. The maximum absolute atomic E-state index is 12.3. The van der Waals surface area contributed by atoms with Crippen molar-refractivity contribution < 1.29 is 9.53 Å². The third-order valence-corrected chi connectivity index (χ3v) is 4.13. The van der Waals surface area contributed by atoms with E-state index in [1.165, 1.54) is 0 Å². The first-order valence-electron chi connectivity index (χ1n) is 6.91. The lowest BCUT2D eigenvalue weighted by Gasteiger charge is -2.19. The van der Waals surface area contributed by atoms with Crippen molar-refractivity contribution in [2.45, 2.75) is 13.5 Å². The van der Waals surface area contributed by atoms with Crippen LogP contribution in [0, 0.1) is 6.92 Å². The van der Waals surface area contributed by atoms with Crippen LogP contribution in [0.5, 0.6) is 5.75 Å². The molecule has 4 nitrogen and oxygen atoms in total. The number of ether oxygens (including phenoxy) is 1. The fraction of sp³-hybridized carbons (Fsp3) is 0.235. The fourth-order valence-electron chi connectivity index (χ4n) is 2.13. The predicted molar refractivity (Wildman–Crippen MR) is 92.4 cm³/mol. The van der Waals surface area contributed by atoms with Gasteiger partial charge < -0.3 is 15.0 Å². The Hall–Kier alpha value is -2.01. The Balaban J connectivity index is 2.02. The number of hydrogen-bond acceptors (Lipinski definition) is 2. The summed E-state index contributed by atoms with van der Waals surface area (Å²) in [5.74, 6) is 0.805. The number of methoxy groups -OCH3 is 1. The van der Waals surface area contributed by atoms with E-state index < -0.39 is 0 Å². The fourth-order valence-corrected chi connectivity index (χ4v) is 2.54. The maximum atomic E-state index is 12.3. The van der Waals surface area contributed by atoms with Gasteiger partial charge in [0.2, 0.25) is 0 Å². The molecule has 2 aromatic rings. The molecular weight excluding hydrogens is 344 g/mol. The standard InChI is InChI=1S/C17H19BrN2O2/c1-12-10-14(8-9-16(12)22-3)19-17(21)20(2)11-13-6-4-5-7-15(13)18/h4-10H,11H2,1-3H3,(H,19,21). The molecule has 0 aliphatic heterocycles. The summed E-state index contributed by atoms with van der Waals surface area (Å²) < 4.78 is 6.21. The third-order valence-electron chi connectivity index (χ3n) is 3.36. The molecule has 0 aromatic heterocycles. The van der Waals surface area contributed by atoms with Crippen LogP contribution in [0.1, 0.15) is 11.1 Å². The molecule has 0 saturated heterocycles. The van der Waals surface area contributed by atoms with Crippen LogP contribution < -0.4 is 10.1 Å². The summed E-state index contributed by atoms with van der Waals surface area (Å²) in [6, 6.07) is 13.3. The second-order valence-electron chi connectivity index (χ2n) is 5.06. The number of rotatable bonds is 4. The van der Waals surface area contributed by atoms with Gasteiger partial charge in [-0.3, -0.25) is 0 Å². The Labute approximate surface area is 139 Å². The predicted octanol–water partition coefficient (Wildman–Crippen LogP) is 4.43. The van der Waals surface area contributed by atoms with Crippen molar-refractivity contribution in [3.63, 3.8) is 0 Å². The van der Waals surface area contributed by atoms with Gasteiger partial charge in [-0.25, -0.2) is 4.79 Å². The molecule has 22 heavy (non-hydrogen) atoms. The van der Waals surface area contributed by atoms with Crippen LogP contribution in [0.3, 0.4) is 0 Å². The minimum Gasteiger partial charge on any atom is -0.496 e. The number of anilines is 1. The molecule has 0 saturated carbocycles. The van der Waals surface area contributed by atoms with Crippen molar-refractivity contribution in [1.29, 1.82) is 0 Å². The topological polar surface area (TPSA) is 41.6 Å². The van der Waals surface area contributed by atoms with E-state index >= 15 is 0 Å².